The minimum atomic E-state index is -0.853. The van der Waals surface area contributed by atoms with Crippen LogP contribution in [0.15, 0.2) is 64.6 Å². The van der Waals surface area contributed by atoms with Gasteiger partial charge in [0.15, 0.2) is 0 Å². The SMILES string of the molecule is CCOc1cc(/C=C2\C(=O)NC(=O)N(c3cccc(Cl)c3C)C2=O)cc(Br)c1Cc1cccc(F)c1. The molecule has 0 saturated carbocycles. The first-order valence-electron chi connectivity index (χ1n) is 11.1. The molecule has 4 amide bonds. The maximum absolute atomic E-state index is 13.7. The number of imide groups is 2. The number of carbonyl (C=O) groups is 3. The number of halogens is 3. The van der Waals surface area contributed by atoms with Crippen molar-refractivity contribution in [2.45, 2.75) is 20.3 Å². The molecular weight excluding hydrogens is 551 g/mol. The average Bonchev–Trinajstić information content (AvgIpc) is 2.82. The molecule has 0 aromatic heterocycles. The topological polar surface area (TPSA) is 75.7 Å². The Bertz CT molecular complexity index is 1420. The molecule has 184 valence electrons. The van der Waals surface area contributed by atoms with Gasteiger partial charge in [0.1, 0.15) is 17.1 Å². The van der Waals surface area contributed by atoms with Crippen molar-refractivity contribution in [3.8, 4) is 5.75 Å². The third-order valence-corrected chi connectivity index (χ3v) is 6.76. The number of carbonyl (C=O) groups excluding carboxylic acids is 3. The molecule has 1 aliphatic heterocycles. The summed E-state index contributed by atoms with van der Waals surface area (Å²) >= 11 is 9.73. The summed E-state index contributed by atoms with van der Waals surface area (Å²) in [6.07, 6.45) is 1.80. The smallest absolute Gasteiger partial charge is 0.335 e. The molecule has 3 aromatic carbocycles. The largest absolute Gasteiger partial charge is 0.494 e. The zero-order chi connectivity index (χ0) is 26.0. The number of anilines is 1. The van der Waals surface area contributed by atoms with Crippen molar-refractivity contribution in [1.82, 2.24) is 5.32 Å². The van der Waals surface area contributed by atoms with Gasteiger partial charge in [-0.25, -0.2) is 14.1 Å². The zero-order valence-corrected chi connectivity index (χ0v) is 21.7. The molecule has 0 spiro atoms. The van der Waals surface area contributed by atoms with Gasteiger partial charge in [0.05, 0.1) is 12.3 Å². The van der Waals surface area contributed by atoms with Crippen LogP contribution in [0.1, 0.15) is 29.2 Å². The van der Waals surface area contributed by atoms with Gasteiger partial charge in [0.25, 0.3) is 11.8 Å². The third kappa shape index (κ3) is 5.20. The minimum Gasteiger partial charge on any atom is -0.494 e. The van der Waals surface area contributed by atoms with E-state index in [4.69, 9.17) is 16.3 Å². The van der Waals surface area contributed by atoms with Gasteiger partial charge in [-0.15, -0.1) is 0 Å². The van der Waals surface area contributed by atoms with E-state index < -0.39 is 17.8 Å². The number of benzene rings is 3. The summed E-state index contributed by atoms with van der Waals surface area (Å²) in [5, 5.41) is 2.60. The van der Waals surface area contributed by atoms with Crippen LogP contribution in [-0.2, 0) is 16.0 Å². The van der Waals surface area contributed by atoms with E-state index in [2.05, 4.69) is 21.2 Å². The second-order valence-corrected chi connectivity index (χ2v) is 9.32. The normalized spacial score (nSPS) is 14.9. The van der Waals surface area contributed by atoms with E-state index >= 15 is 0 Å². The lowest BCUT2D eigenvalue weighted by Crippen LogP contribution is -2.54. The van der Waals surface area contributed by atoms with Gasteiger partial charge in [0.2, 0.25) is 0 Å². The molecule has 0 aliphatic carbocycles. The summed E-state index contributed by atoms with van der Waals surface area (Å²) in [7, 11) is 0. The zero-order valence-electron chi connectivity index (χ0n) is 19.4. The number of nitrogens with zero attached hydrogens (tertiary/aromatic N) is 1. The van der Waals surface area contributed by atoms with Gasteiger partial charge >= 0.3 is 6.03 Å². The monoisotopic (exact) mass is 570 g/mol. The highest BCUT2D eigenvalue weighted by Gasteiger charge is 2.37. The number of hydrogen-bond acceptors (Lipinski definition) is 4. The number of ether oxygens (including phenoxy) is 1. The van der Waals surface area contributed by atoms with E-state index in [-0.39, 0.29) is 17.1 Å². The van der Waals surface area contributed by atoms with Crippen molar-refractivity contribution in [3.05, 3.63) is 97.7 Å². The van der Waals surface area contributed by atoms with Crippen LogP contribution in [0, 0.1) is 12.7 Å². The van der Waals surface area contributed by atoms with Crippen molar-refractivity contribution in [2.24, 2.45) is 0 Å². The van der Waals surface area contributed by atoms with Crippen LogP contribution in [0.5, 0.6) is 5.75 Å². The van der Waals surface area contributed by atoms with Gasteiger partial charge in [-0.3, -0.25) is 14.9 Å². The summed E-state index contributed by atoms with van der Waals surface area (Å²) < 4.78 is 20.2. The Kier molecular flexibility index (Phi) is 7.56. The fourth-order valence-corrected chi connectivity index (χ4v) is 4.67. The fourth-order valence-electron chi connectivity index (χ4n) is 3.90. The maximum Gasteiger partial charge on any atom is 0.335 e. The van der Waals surface area contributed by atoms with E-state index in [0.717, 1.165) is 16.0 Å². The van der Waals surface area contributed by atoms with Gasteiger partial charge in [-0.2, -0.15) is 0 Å². The molecular formula is C27H21BrClFN2O4. The first-order valence-corrected chi connectivity index (χ1v) is 12.2. The van der Waals surface area contributed by atoms with Crippen molar-refractivity contribution in [3.63, 3.8) is 0 Å². The quantitative estimate of drug-likeness (QED) is 0.282. The van der Waals surface area contributed by atoms with Gasteiger partial charge in [0, 0.05) is 21.5 Å². The summed E-state index contributed by atoms with van der Waals surface area (Å²) in [4.78, 5) is 39.4. The molecule has 9 heteroatoms. The molecule has 1 fully saturated rings. The summed E-state index contributed by atoms with van der Waals surface area (Å²) in [5.41, 5.74) is 2.64. The molecule has 0 unspecified atom stereocenters. The molecule has 3 aromatic rings. The van der Waals surface area contributed by atoms with Crippen LogP contribution in [-0.4, -0.2) is 24.5 Å². The van der Waals surface area contributed by atoms with Crippen LogP contribution in [0.3, 0.4) is 0 Å². The van der Waals surface area contributed by atoms with E-state index in [1.54, 1.807) is 43.3 Å². The van der Waals surface area contributed by atoms with Crippen LogP contribution in [0.25, 0.3) is 6.08 Å². The highest BCUT2D eigenvalue weighted by Crippen LogP contribution is 2.34. The predicted molar refractivity (Wildman–Crippen MR) is 140 cm³/mol. The molecule has 1 saturated heterocycles. The van der Waals surface area contributed by atoms with Crippen LogP contribution in [0.4, 0.5) is 14.9 Å². The molecule has 4 rings (SSSR count). The molecule has 0 atom stereocenters. The third-order valence-electron chi connectivity index (χ3n) is 5.64. The van der Waals surface area contributed by atoms with Crippen LogP contribution >= 0.6 is 27.5 Å². The summed E-state index contributed by atoms with van der Waals surface area (Å²) in [5.74, 6) is -1.39. The van der Waals surface area contributed by atoms with E-state index in [1.807, 2.05) is 13.0 Å². The van der Waals surface area contributed by atoms with E-state index in [1.165, 1.54) is 18.2 Å². The lowest BCUT2D eigenvalue weighted by Gasteiger charge is -2.27. The standard InChI is InChI=1S/C27H21BrClFN2O4/c1-3-36-24-14-17(13-21(28)19(24)11-16-6-4-7-18(30)10-16)12-20-25(33)31-27(35)32(26(20)34)23-9-5-8-22(29)15(23)2/h4-10,12-14H,3,11H2,1-2H3,(H,31,33,35)/b20-12+. The number of amides is 4. The number of rotatable bonds is 6. The Morgan fingerprint density at radius 3 is 2.58 bits per heavy atom. The Morgan fingerprint density at radius 2 is 1.86 bits per heavy atom. The predicted octanol–water partition coefficient (Wildman–Crippen LogP) is 6.21. The van der Waals surface area contributed by atoms with Crippen molar-refractivity contribution in [2.75, 3.05) is 11.5 Å². The molecule has 36 heavy (non-hydrogen) atoms. The number of urea groups is 1. The van der Waals surface area contributed by atoms with Crippen LogP contribution in [0.2, 0.25) is 5.02 Å². The number of nitrogens with one attached hydrogen (secondary N) is 1. The number of hydrogen-bond donors (Lipinski definition) is 1. The Balaban J connectivity index is 1.74. The summed E-state index contributed by atoms with van der Waals surface area (Å²) in [6.45, 7) is 3.89. The highest BCUT2D eigenvalue weighted by atomic mass is 79.9. The second kappa shape index (κ2) is 10.6. The number of barbiturate groups is 1. The van der Waals surface area contributed by atoms with Crippen LogP contribution < -0.4 is 15.0 Å². The molecule has 1 heterocycles. The van der Waals surface area contributed by atoms with Crippen molar-refractivity contribution in [1.29, 1.82) is 0 Å². The van der Waals surface area contributed by atoms with E-state index in [0.29, 0.717) is 39.4 Å². The molecule has 1 N–H and O–H groups in total. The van der Waals surface area contributed by atoms with Gasteiger partial charge < -0.3 is 4.74 Å². The lowest BCUT2D eigenvalue weighted by atomic mass is 10.00. The molecule has 1 aliphatic rings. The molecule has 0 radical (unpaired) electrons. The minimum absolute atomic E-state index is 0.221. The van der Waals surface area contributed by atoms with E-state index in [9.17, 15) is 18.8 Å². The first kappa shape index (κ1) is 25.6. The van der Waals surface area contributed by atoms with Crippen molar-refractivity contribution < 1.29 is 23.5 Å². The Hall–Kier alpha value is -3.49. The second-order valence-electron chi connectivity index (χ2n) is 8.06. The average molecular weight is 572 g/mol. The van der Waals surface area contributed by atoms with Gasteiger partial charge in [-0.1, -0.05) is 45.7 Å². The first-order chi connectivity index (χ1) is 17.2. The Labute approximate surface area is 220 Å². The van der Waals surface area contributed by atoms with Gasteiger partial charge in [-0.05, 0) is 73.0 Å². The lowest BCUT2D eigenvalue weighted by molar-refractivity contribution is -0.122. The summed E-state index contributed by atoms with van der Waals surface area (Å²) in [6, 6.07) is 13.7. The maximum atomic E-state index is 13.7. The molecule has 0 bridgehead atoms. The molecule has 6 nitrogen and oxygen atoms in total. The fraction of sp³-hybridized carbons (Fsp3) is 0.148. The Morgan fingerprint density at radius 1 is 1.11 bits per heavy atom. The highest BCUT2D eigenvalue weighted by molar-refractivity contribution is 9.10. The van der Waals surface area contributed by atoms with Crippen molar-refractivity contribution >= 4 is 57.1 Å².